The number of nitrogens with two attached hydrogens (primary N) is 1. The number of carbonyl (C=O) groups excluding carboxylic acids is 6. The quantitative estimate of drug-likeness (QED) is 0.0112. The Kier molecular flexibility index (Phi) is 37.8. The largest absolute Gasteiger partial charge is 0.492 e. The third-order valence-electron chi connectivity index (χ3n) is 18.3. The Morgan fingerprint density at radius 2 is 1.47 bits per heavy atom. The molecule has 4 amide bonds. The van der Waals surface area contributed by atoms with E-state index in [1.54, 1.807) is 40.7 Å². The van der Waals surface area contributed by atoms with Crippen LogP contribution in [-0.4, -0.2) is 310 Å². The molecule has 7 rings (SSSR count). The molecule has 111 heavy (non-hydrogen) atoms. The van der Waals surface area contributed by atoms with Crippen molar-refractivity contribution in [2.75, 3.05) is 87.3 Å². The number of likely N-dealkylation sites (N-methyl/N-ethyl adjacent to an activating group) is 1. The van der Waals surface area contributed by atoms with Gasteiger partial charge >= 0.3 is 6.09 Å². The molecule has 1 aromatic rings. The molecular formula is C72H107IN6O28S4. The molecule has 4 aliphatic heterocycles. The molecule has 34 nitrogen and oxygen atoms in total. The first-order valence-corrected chi connectivity index (χ1v) is 40.4. The predicted molar refractivity (Wildman–Crippen MR) is 417 cm³/mol. The van der Waals surface area contributed by atoms with Crippen molar-refractivity contribution in [2.45, 2.75) is 231 Å². The number of thiol groups is 1. The number of methoxy groups -OCH3 is 5. The molecule has 0 spiro atoms. The number of amides is 4. The molecule has 15 N–H and O–H groups in total. The molecule has 624 valence electrons. The number of thioether (sulfide) groups is 1. The molecule has 6 aliphatic rings. The average molecular weight is 1760 g/mol. The van der Waals surface area contributed by atoms with Crippen molar-refractivity contribution in [3.8, 4) is 40.9 Å². The lowest BCUT2D eigenvalue weighted by atomic mass is 9.75. The number of benzene rings is 1. The van der Waals surface area contributed by atoms with Crippen molar-refractivity contribution < 1.29 is 136 Å². The van der Waals surface area contributed by atoms with Gasteiger partial charge in [0, 0.05) is 85.9 Å². The number of nitrogens with one attached hydrogen (secondary N) is 4. The minimum Gasteiger partial charge on any atom is -0.492 e. The number of hydrogen-bond acceptors (Lipinski definition) is 34. The first-order valence-electron chi connectivity index (χ1n) is 35.7. The number of Topliss-reactive ketones (excluding diaryl/α,β-unsaturated/α-hetero) is 1. The minimum atomic E-state index is -2.23. The van der Waals surface area contributed by atoms with Crippen LogP contribution < -0.4 is 41.4 Å². The number of ketones is 1. The van der Waals surface area contributed by atoms with Gasteiger partial charge in [-0.05, 0) is 88.8 Å². The molecule has 0 aromatic heterocycles. The van der Waals surface area contributed by atoms with Gasteiger partial charge in [0.25, 0.3) is 0 Å². The van der Waals surface area contributed by atoms with E-state index in [1.165, 1.54) is 67.1 Å². The lowest BCUT2D eigenvalue weighted by Gasteiger charge is -2.47. The number of carbonyl (C=O) groups is 6. The maximum atomic E-state index is 14.5. The van der Waals surface area contributed by atoms with Gasteiger partial charge < -0.3 is 124 Å². The van der Waals surface area contributed by atoms with Gasteiger partial charge in [0.2, 0.25) is 34.9 Å². The summed E-state index contributed by atoms with van der Waals surface area (Å²) in [7, 11) is 9.18. The van der Waals surface area contributed by atoms with Crippen LogP contribution in [0.5, 0.6) is 17.2 Å². The van der Waals surface area contributed by atoms with Gasteiger partial charge in [-0.15, -0.1) is 0 Å². The summed E-state index contributed by atoms with van der Waals surface area (Å²) in [5.41, 5.74) is 6.42. The second-order valence-corrected chi connectivity index (χ2v) is 34.4. The number of fused-ring (bicyclic) bond motifs is 2. The van der Waals surface area contributed by atoms with E-state index in [4.69, 9.17) is 77.6 Å². The van der Waals surface area contributed by atoms with Crippen molar-refractivity contribution in [2.24, 2.45) is 5.73 Å². The topological polar surface area (TPSA) is 482 Å². The lowest BCUT2D eigenvalue weighted by molar-refractivity contribution is -0.337. The van der Waals surface area contributed by atoms with Gasteiger partial charge in [0.1, 0.15) is 36.6 Å². The Morgan fingerprint density at radius 3 is 2.05 bits per heavy atom. The van der Waals surface area contributed by atoms with Crippen LogP contribution in [0.4, 0.5) is 4.79 Å². The number of allylic oxidation sites excluding steroid dienone is 3. The number of halogens is 1. The molecule has 2 bridgehead atoms. The number of aliphatic hydroxyl groups excluding tert-OH is 8. The van der Waals surface area contributed by atoms with Crippen LogP contribution in [0.25, 0.3) is 0 Å². The second-order valence-electron chi connectivity index (χ2n) is 27.9. The highest BCUT2D eigenvalue weighted by atomic mass is 127. The first-order chi connectivity index (χ1) is 52.4. The summed E-state index contributed by atoms with van der Waals surface area (Å²) in [4.78, 5) is 86.7. The number of hydrogen-bond donors (Lipinski definition) is 15. The van der Waals surface area contributed by atoms with Crippen LogP contribution in [0.2, 0.25) is 0 Å². The van der Waals surface area contributed by atoms with Gasteiger partial charge in [0.15, 0.2) is 41.8 Å². The number of hydroxylamine groups is 1. The zero-order chi connectivity index (χ0) is 82.6. The van der Waals surface area contributed by atoms with Crippen LogP contribution in [0, 0.1) is 34.2 Å². The van der Waals surface area contributed by atoms with Gasteiger partial charge in [-0.2, -0.15) is 18.1 Å². The fraction of sp³-hybridized carbons (Fsp3) is 0.694. The van der Waals surface area contributed by atoms with Crippen molar-refractivity contribution in [1.29, 1.82) is 0 Å². The van der Waals surface area contributed by atoms with Crippen molar-refractivity contribution in [3.05, 3.63) is 49.8 Å². The summed E-state index contributed by atoms with van der Waals surface area (Å²) < 4.78 is 71.8. The van der Waals surface area contributed by atoms with Crippen LogP contribution >= 0.6 is 68.6 Å². The van der Waals surface area contributed by atoms with Crippen LogP contribution in [0.3, 0.4) is 0 Å². The molecule has 21 atom stereocenters. The van der Waals surface area contributed by atoms with Gasteiger partial charge in [-0.25, -0.2) is 4.79 Å². The zero-order valence-electron chi connectivity index (χ0n) is 64.3. The Balaban J connectivity index is 0.00000135. The molecule has 4 heterocycles. The van der Waals surface area contributed by atoms with E-state index >= 15 is 0 Å². The third-order valence-corrected chi connectivity index (χ3v) is 24.3. The number of rotatable bonds is 33. The fourth-order valence-electron chi connectivity index (χ4n) is 12.7. The maximum Gasteiger partial charge on any atom is 0.411 e. The molecule has 0 radical (unpaired) electrons. The molecule has 4 saturated heterocycles. The summed E-state index contributed by atoms with van der Waals surface area (Å²) in [5, 5.41) is 101. The number of aliphatic hydroxyl groups is 9. The van der Waals surface area contributed by atoms with Crippen LogP contribution in [0.15, 0.2) is 35.1 Å². The highest BCUT2D eigenvalue weighted by Crippen LogP contribution is 2.49. The number of nitrogens with zero attached hydrogens (tertiary/aromatic N) is 1. The van der Waals surface area contributed by atoms with E-state index in [0.29, 0.717) is 9.13 Å². The Hall–Kier alpha value is -4.69. The van der Waals surface area contributed by atoms with E-state index in [0.717, 1.165) is 18.9 Å². The predicted octanol–water partition coefficient (Wildman–Crippen LogP) is 0.309. The van der Waals surface area contributed by atoms with E-state index in [2.05, 4.69) is 57.7 Å². The second kappa shape index (κ2) is 44.0. The maximum absolute atomic E-state index is 14.5. The summed E-state index contributed by atoms with van der Waals surface area (Å²) in [5.74, 6) is 9.87. The fourth-order valence-corrected chi connectivity index (χ4v) is 16.9. The molecule has 4 fully saturated rings. The summed E-state index contributed by atoms with van der Waals surface area (Å²) in [6.07, 6.45) is -17.8. The first kappa shape index (κ1) is 95.2. The molecule has 0 saturated carbocycles. The number of alkyl carbamates (subject to hydrolysis) is 1. The third kappa shape index (κ3) is 25.9. The highest BCUT2D eigenvalue weighted by Gasteiger charge is 2.53. The minimum absolute atomic E-state index is 0.00423. The van der Waals surface area contributed by atoms with E-state index < -0.39 is 162 Å². The van der Waals surface area contributed by atoms with E-state index in [9.17, 15) is 64.5 Å². The van der Waals surface area contributed by atoms with Crippen molar-refractivity contribution in [3.63, 3.8) is 0 Å². The molecule has 39 heteroatoms. The average Bonchev–Trinajstić information content (AvgIpc) is 0.754. The molecular weight excluding hydrogens is 1650 g/mol. The standard InChI is InChI=1S/C64H90IN5O25S3.C8H17NO3S/c1-13-70(42(76)26-66)36-29-88-43(23-40(36)83-8)93-56-51(78)48(69-95-44-22-37(73)58(33(5)89-44)97-59(80)45-30(2)47(65)54(57(86-11)53(45)84-9)94-60-52(79)55(85-10)50(77)32(4)91-60)31(3)90-61(56)92-39-18-16-14-15-17-20-64(82)24-38(74)49(68-62(81)87-12)46(39)35(64)19-21-96-98-63(6,7)25-41(75)67-27-34(72)28-71;1-8(2,13)3-7(12)9-4-6(11)5-10/h14-15,19,31-34,36-37,39-40,43-44,48,50-52,55-56,58,60-61,69,71-73,77-79,82H,13,21-29,66H2,1-12H3,(H,67,75)(H,68,81);6,10-11,13H,3-5H2,1-2H3,(H,9,12)/b15-14-,35-19+;/t31?,32?,33?,34?,36?,37?,39-,40?,43?,44?,48?,50?,51?,52?,55?,56?,58?,60?,61?,64-;/m0./s1. The Labute approximate surface area is 676 Å². The summed E-state index contributed by atoms with van der Waals surface area (Å²) in [6.45, 7) is 14.6. The molecule has 1 aromatic carbocycles. The Morgan fingerprint density at radius 1 is 0.829 bits per heavy atom. The van der Waals surface area contributed by atoms with E-state index in [-0.39, 0.29) is 133 Å². The molecule has 2 aliphatic carbocycles. The molecule has 19 unspecified atom stereocenters. The van der Waals surface area contributed by atoms with Crippen LogP contribution in [0.1, 0.15) is 103 Å². The van der Waals surface area contributed by atoms with Gasteiger partial charge in [-0.1, -0.05) is 77.0 Å². The van der Waals surface area contributed by atoms with Crippen LogP contribution in [-0.2, 0) is 66.6 Å². The summed E-state index contributed by atoms with van der Waals surface area (Å²) in [6, 6.07) is -1.81. The summed E-state index contributed by atoms with van der Waals surface area (Å²) >= 11 is 6.96. The SMILES string of the molecule is CC(C)(S)CC(=O)NCC(O)CO.CCN(C(=O)CN)C1COC(OC2C(O[C@H]3C#C/C=C\C#C[C@]4(O)CC(=O)C(NC(=O)OC)=C3/C4=C\CSSC(C)(C)CC(=O)NCC(O)CO)OC(C)C(NOC3CC(O)C(SC(=O)c4c(C)c(I)c(OC5OC(C)C(O)C(OC)C5O)c(OC)c4OC)C(C)O3)C2O)CC1OC. The van der Waals surface area contributed by atoms with Gasteiger partial charge in [0.05, 0.1) is 129 Å². The van der Waals surface area contributed by atoms with Gasteiger partial charge in [-0.3, -0.25) is 34.1 Å². The highest BCUT2D eigenvalue weighted by molar-refractivity contribution is 14.1. The van der Waals surface area contributed by atoms with E-state index in [1.807, 2.05) is 50.3 Å². The smallest absolute Gasteiger partial charge is 0.411 e. The zero-order valence-corrected chi connectivity index (χ0v) is 69.8. The normalized spacial score (nSPS) is 30.6. The number of ether oxygens (including phenoxy) is 12. The monoisotopic (exact) mass is 1760 g/mol. The lowest BCUT2D eigenvalue weighted by Crippen LogP contribution is -2.65. The van der Waals surface area contributed by atoms with Crippen molar-refractivity contribution in [1.82, 2.24) is 26.3 Å². The Bertz CT molecular complexity index is 3560. The van der Waals surface area contributed by atoms with Crippen molar-refractivity contribution >= 4 is 103 Å².